The lowest BCUT2D eigenvalue weighted by Gasteiger charge is -2.42. The molecule has 0 N–H and O–H groups in total. The van der Waals surface area contributed by atoms with Crippen LogP contribution in [0.25, 0.3) is 0 Å². The van der Waals surface area contributed by atoms with Gasteiger partial charge in [-0.1, -0.05) is 11.6 Å². The number of fused-ring (bicyclic) bond motifs is 1. The van der Waals surface area contributed by atoms with Gasteiger partial charge in [-0.05, 0) is 55.1 Å². The van der Waals surface area contributed by atoms with Crippen molar-refractivity contribution in [2.45, 2.75) is 19.3 Å². The molecule has 0 unspecified atom stereocenters. The number of imide groups is 1. The number of hydrogen-bond donors (Lipinski definition) is 0. The largest absolute Gasteiger partial charge is 0.289 e. The normalized spacial score (nSPS) is 39.0. The van der Waals surface area contributed by atoms with Crippen LogP contribution in [-0.2, 0) is 9.59 Å². The van der Waals surface area contributed by atoms with Gasteiger partial charge in [0.1, 0.15) is 5.02 Å². The van der Waals surface area contributed by atoms with Gasteiger partial charge in [-0.25, -0.2) is 4.90 Å². The Labute approximate surface area is 142 Å². The van der Waals surface area contributed by atoms with Crippen LogP contribution >= 0.6 is 11.6 Å². The Morgan fingerprint density at radius 1 is 1.04 bits per heavy atom. The van der Waals surface area contributed by atoms with Crippen molar-refractivity contribution in [2.75, 3.05) is 4.90 Å². The van der Waals surface area contributed by atoms with Gasteiger partial charge in [0.2, 0.25) is 11.8 Å². The predicted molar refractivity (Wildman–Crippen MR) is 85.4 cm³/mol. The van der Waals surface area contributed by atoms with Crippen molar-refractivity contribution in [3.63, 3.8) is 0 Å². The number of nitro benzene ring substituents is 1. The van der Waals surface area contributed by atoms with Crippen molar-refractivity contribution in [2.24, 2.45) is 35.5 Å². The van der Waals surface area contributed by atoms with Crippen LogP contribution in [0.15, 0.2) is 18.2 Å². The fourth-order valence-corrected chi connectivity index (χ4v) is 5.76. The van der Waals surface area contributed by atoms with E-state index < -0.39 is 4.92 Å². The third kappa shape index (κ3) is 1.67. The second-order valence-electron chi connectivity index (χ2n) is 7.42. The molecule has 0 radical (unpaired) electrons. The van der Waals surface area contributed by atoms with Gasteiger partial charge in [0, 0.05) is 6.07 Å². The lowest BCUT2D eigenvalue weighted by Crippen LogP contribution is -2.43. The van der Waals surface area contributed by atoms with Crippen molar-refractivity contribution in [1.29, 1.82) is 0 Å². The molecule has 0 aromatic heterocycles. The number of carbonyl (C=O) groups is 2. The first-order valence-corrected chi connectivity index (χ1v) is 8.68. The van der Waals surface area contributed by atoms with E-state index in [9.17, 15) is 19.7 Å². The molecule has 124 valence electrons. The van der Waals surface area contributed by atoms with Crippen molar-refractivity contribution >= 4 is 34.8 Å². The lowest BCUT2D eigenvalue weighted by molar-refractivity contribution is -0.384. The fraction of sp³-hybridized carbons (Fsp3) is 0.529. The van der Waals surface area contributed by atoms with Gasteiger partial charge < -0.3 is 0 Å². The van der Waals surface area contributed by atoms with Crippen LogP contribution < -0.4 is 4.90 Å². The zero-order chi connectivity index (χ0) is 16.7. The van der Waals surface area contributed by atoms with E-state index in [1.165, 1.54) is 23.1 Å². The fourth-order valence-electron chi connectivity index (χ4n) is 5.57. The molecule has 1 aliphatic heterocycles. The molecule has 4 saturated carbocycles. The number of nitro groups is 1. The molecular formula is C17H15ClN2O4. The topological polar surface area (TPSA) is 80.5 Å². The average Bonchev–Trinajstić information content (AvgIpc) is 3.33. The van der Waals surface area contributed by atoms with Crippen LogP contribution in [0.4, 0.5) is 11.4 Å². The van der Waals surface area contributed by atoms with E-state index in [2.05, 4.69) is 0 Å². The first-order chi connectivity index (χ1) is 11.5. The highest BCUT2D eigenvalue weighted by molar-refractivity contribution is 6.33. The molecule has 7 heteroatoms. The van der Waals surface area contributed by atoms with Crippen LogP contribution in [0.3, 0.4) is 0 Å². The number of hydrogen-bond acceptors (Lipinski definition) is 4. The van der Waals surface area contributed by atoms with Gasteiger partial charge in [-0.15, -0.1) is 0 Å². The first-order valence-electron chi connectivity index (χ1n) is 8.31. The van der Waals surface area contributed by atoms with Gasteiger partial charge in [-0.2, -0.15) is 0 Å². The zero-order valence-corrected chi connectivity index (χ0v) is 13.5. The number of rotatable bonds is 2. The number of anilines is 1. The summed E-state index contributed by atoms with van der Waals surface area (Å²) in [7, 11) is 0. The van der Waals surface area contributed by atoms with E-state index in [1.807, 2.05) is 0 Å². The second-order valence-corrected chi connectivity index (χ2v) is 7.83. The molecule has 6 rings (SSSR count). The minimum atomic E-state index is -0.594. The molecule has 6 atom stereocenters. The Bertz CT molecular complexity index is 776. The van der Waals surface area contributed by atoms with E-state index in [4.69, 9.17) is 11.6 Å². The van der Waals surface area contributed by atoms with Crippen molar-refractivity contribution in [1.82, 2.24) is 0 Å². The van der Waals surface area contributed by atoms with Gasteiger partial charge in [0.15, 0.2) is 0 Å². The average molecular weight is 347 g/mol. The highest BCUT2D eigenvalue weighted by Crippen LogP contribution is 2.68. The number of benzene rings is 1. The van der Waals surface area contributed by atoms with Crippen LogP contribution in [-0.4, -0.2) is 16.7 Å². The van der Waals surface area contributed by atoms with E-state index in [1.54, 1.807) is 0 Å². The summed E-state index contributed by atoms with van der Waals surface area (Å²) in [5.74, 6) is 1.04. The minimum Gasteiger partial charge on any atom is -0.274 e. The molecule has 5 fully saturated rings. The summed E-state index contributed by atoms with van der Waals surface area (Å²) in [6, 6.07) is 4.13. The molecule has 2 bridgehead atoms. The standard InChI is InChI=1S/C17H15ClN2O4/c18-12-4-1-7(5-13(12)20(23)24)19-16(21)14-8-2-3-9(11-6-10(8)11)15(14)17(19)22/h1,4-5,8-11,14-15H,2-3,6H2/t8-,9+,10+,11-,14-,15+. The molecule has 1 aromatic carbocycles. The molecule has 2 amide bonds. The molecule has 1 heterocycles. The Morgan fingerprint density at radius 3 is 2.17 bits per heavy atom. The SMILES string of the molecule is O=C1[C@@H]2[C@@H]3CC[C@@H]([C@H]4C[C@H]43)[C@@H]2C(=O)N1c1ccc(Cl)c([N+](=O)[O-])c1. The number of halogens is 1. The molecular weight excluding hydrogens is 332 g/mol. The highest BCUT2D eigenvalue weighted by atomic mass is 35.5. The molecule has 24 heavy (non-hydrogen) atoms. The third-order valence-corrected chi connectivity index (χ3v) is 6.85. The van der Waals surface area contributed by atoms with E-state index in [0.29, 0.717) is 23.7 Å². The second kappa shape index (κ2) is 4.57. The molecule has 1 aromatic rings. The molecule has 6 nitrogen and oxygen atoms in total. The summed E-state index contributed by atoms with van der Waals surface area (Å²) in [6.07, 6.45) is 3.22. The smallest absolute Gasteiger partial charge is 0.274 e. The van der Waals surface area contributed by atoms with Crippen molar-refractivity contribution in [3.05, 3.63) is 33.3 Å². The number of nitrogens with zero attached hydrogens (tertiary/aromatic N) is 2. The summed E-state index contributed by atoms with van der Waals surface area (Å²) >= 11 is 5.84. The summed E-state index contributed by atoms with van der Waals surface area (Å²) in [4.78, 5) is 37.6. The number of carbonyl (C=O) groups excluding carboxylic acids is 2. The van der Waals surface area contributed by atoms with Gasteiger partial charge >= 0.3 is 0 Å². The Hall–Kier alpha value is -1.95. The maximum absolute atomic E-state index is 13.0. The van der Waals surface area contributed by atoms with Crippen LogP contribution in [0.5, 0.6) is 0 Å². The summed E-state index contributed by atoms with van der Waals surface area (Å²) in [6.45, 7) is 0. The van der Waals surface area contributed by atoms with Gasteiger partial charge in [-0.3, -0.25) is 19.7 Å². The molecule has 5 aliphatic rings. The van der Waals surface area contributed by atoms with Crippen LogP contribution in [0.1, 0.15) is 19.3 Å². The highest BCUT2D eigenvalue weighted by Gasteiger charge is 2.68. The van der Waals surface area contributed by atoms with Crippen molar-refractivity contribution in [3.8, 4) is 0 Å². The molecule has 0 spiro atoms. The van der Waals surface area contributed by atoms with E-state index in [-0.39, 0.29) is 40.0 Å². The van der Waals surface area contributed by atoms with Crippen LogP contribution in [0.2, 0.25) is 5.02 Å². The first kappa shape index (κ1) is 14.4. The monoisotopic (exact) mass is 346 g/mol. The minimum absolute atomic E-state index is 0.00146. The van der Waals surface area contributed by atoms with E-state index in [0.717, 1.165) is 19.3 Å². The summed E-state index contributed by atoms with van der Waals surface area (Å²) in [5, 5.41) is 11.1. The van der Waals surface area contributed by atoms with Gasteiger partial charge in [0.25, 0.3) is 5.69 Å². The molecule has 1 saturated heterocycles. The van der Waals surface area contributed by atoms with Gasteiger partial charge in [0.05, 0.1) is 22.4 Å². The Balaban J connectivity index is 1.56. The third-order valence-electron chi connectivity index (χ3n) is 6.53. The Kier molecular flexibility index (Phi) is 2.74. The van der Waals surface area contributed by atoms with Crippen molar-refractivity contribution < 1.29 is 14.5 Å². The van der Waals surface area contributed by atoms with E-state index >= 15 is 0 Å². The zero-order valence-electron chi connectivity index (χ0n) is 12.7. The maximum atomic E-state index is 13.0. The quantitative estimate of drug-likeness (QED) is 0.468. The van der Waals surface area contributed by atoms with Crippen LogP contribution in [0, 0.1) is 45.6 Å². The summed E-state index contributed by atoms with van der Waals surface area (Å²) in [5.41, 5.74) is -0.0148. The summed E-state index contributed by atoms with van der Waals surface area (Å²) < 4.78 is 0. The lowest BCUT2D eigenvalue weighted by atomic mass is 9.59. The predicted octanol–water partition coefficient (Wildman–Crippen LogP) is 3.03. The Morgan fingerprint density at radius 2 is 1.62 bits per heavy atom. The molecule has 4 aliphatic carbocycles. The maximum Gasteiger partial charge on any atom is 0.289 e. The number of amides is 2.